The van der Waals surface area contributed by atoms with Crippen molar-refractivity contribution in [3.05, 3.63) is 39.3 Å². The van der Waals surface area contributed by atoms with Crippen molar-refractivity contribution in [2.75, 3.05) is 0 Å². The first-order chi connectivity index (χ1) is 9.60. The Morgan fingerprint density at radius 2 is 2.15 bits per heavy atom. The van der Waals surface area contributed by atoms with Crippen LogP contribution in [0.3, 0.4) is 0 Å². The average Bonchev–Trinajstić information content (AvgIpc) is 2.80. The number of thiazole rings is 1. The minimum absolute atomic E-state index is 0.501. The monoisotopic (exact) mass is 352 g/mol. The number of halogens is 1. The summed E-state index contributed by atoms with van der Waals surface area (Å²) in [5.41, 5.74) is 2.44. The fourth-order valence-electron chi connectivity index (χ4n) is 2.00. The summed E-state index contributed by atoms with van der Waals surface area (Å²) in [6, 6.07) is 8.87. The number of hydrogen-bond acceptors (Lipinski definition) is 3. The molecule has 1 aromatic heterocycles. The standard InChI is InChI=1S/C16H21BrN2S/c1-4-6-14-15(10-18-11(2)3)20-16(19-14)12-7-5-8-13(17)9-12/h5,7-9,11,18H,4,6,10H2,1-3H3. The first-order valence-corrected chi connectivity index (χ1v) is 8.69. The normalized spacial score (nSPS) is 11.2. The molecule has 1 heterocycles. The lowest BCUT2D eigenvalue weighted by Gasteiger charge is -2.07. The van der Waals surface area contributed by atoms with Crippen molar-refractivity contribution < 1.29 is 0 Å². The van der Waals surface area contributed by atoms with E-state index < -0.39 is 0 Å². The van der Waals surface area contributed by atoms with Crippen LogP contribution in [0.25, 0.3) is 10.6 Å². The van der Waals surface area contributed by atoms with Crippen molar-refractivity contribution >= 4 is 27.3 Å². The van der Waals surface area contributed by atoms with Crippen molar-refractivity contribution in [1.82, 2.24) is 10.3 Å². The fraction of sp³-hybridized carbons (Fsp3) is 0.438. The van der Waals surface area contributed by atoms with E-state index in [1.54, 1.807) is 0 Å². The highest BCUT2D eigenvalue weighted by Gasteiger charge is 2.12. The Morgan fingerprint density at radius 1 is 1.35 bits per heavy atom. The third-order valence-electron chi connectivity index (χ3n) is 3.01. The molecule has 1 N–H and O–H groups in total. The number of rotatable bonds is 6. The highest BCUT2D eigenvalue weighted by atomic mass is 79.9. The lowest BCUT2D eigenvalue weighted by atomic mass is 10.2. The Bertz CT molecular complexity index is 563. The molecule has 0 saturated heterocycles. The molecule has 2 rings (SSSR count). The molecular weight excluding hydrogens is 332 g/mol. The van der Waals surface area contributed by atoms with Gasteiger partial charge in [-0.05, 0) is 18.6 Å². The Kier molecular flexibility index (Phi) is 5.75. The van der Waals surface area contributed by atoms with Crippen LogP contribution in [0, 0.1) is 0 Å². The molecule has 0 saturated carbocycles. The van der Waals surface area contributed by atoms with Gasteiger partial charge >= 0.3 is 0 Å². The van der Waals surface area contributed by atoms with E-state index in [2.05, 4.69) is 60.2 Å². The zero-order chi connectivity index (χ0) is 14.5. The summed E-state index contributed by atoms with van der Waals surface area (Å²) in [5.74, 6) is 0. The third kappa shape index (κ3) is 4.14. The second-order valence-electron chi connectivity index (χ2n) is 5.18. The van der Waals surface area contributed by atoms with E-state index in [9.17, 15) is 0 Å². The average molecular weight is 353 g/mol. The van der Waals surface area contributed by atoms with Gasteiger partial charge in [0, 0.05) is 27.5 Å². The largest absolute Gasteiger partial charge is 0.310 e. The molecule has 2 nitrogen and oxygen atoms in total. The van der Waals surface area contributed by atoms with Crippen molar-refractivity contribution in [1.29, 1.82) is 0 Å². The first-order valence-electron chi connectivity index (χ1n) is 7.08. The van der Waals surface area contributed by atoms with Gasteiger partial charge in [-0.3, -0.25) is 0 Å². The van der Waals surface area contributed by atoms with E-state index in [1.807, 2.05) is 17.4 Å². The highest BCUT2D eigenvalue weighted by molar-refractivity contribution is 9.10. The van der Waals surface area contributed by atoms with Gasteiger partial charge in [0.1, 0.15) is 5.01 Å². The number of nitrogens with zero attached hydrogens (tertiary/aromatic N) is 1. The molecule has 20 heavy (non-hydrogen) atoms. The van der Waals surface area contributed by atoms with Crippen LogP contribution in [-0.4, -0.2) is 11.0 Å². The third-order valence-corrected chi connectivity index (χ3v) is 4.65. The molecule has 0 spiro atoms. The summed E-state index contributed by atoms with van der Waals surface area (Å²) in [6.07, 6.45) is 2.19. The smallest absolute Gasteiger partial charge is 0.123 e. The van der Waals surface area contributed by atoms with Gasteiger partial charge in [-0.1, -0.05) is 55.3 Å². The van der Waals surface area contributed by atoms with Crippen LogP contribution in [0.15, 0.2) is 28.7 Å². The number of nitrogens with one attached hydrogen (secondary N) is 1. The predicted octanol–water partition coefficient (Wildman–Crippen LogP) is 5.02. The van der Waals surface area contributed by atoms with Crippen LogP contribution in [0.1, 0.15) is 37.8 Å². The number of benzene rings is 1. The molecular formula is C16H21BrN2S. The molecule has 0 unspecified atom stereocenters. The van der Waals surface area contributed by atoms with Crippen LogP contribution in [0.5, 0.6) is 0 Å². The SMILES string of the molecule is CCCc1nc(-c2cccc(Br)c2)sc1CNC(C)C. The van der Waals surface area contributed by atoms with E-state index in [1.165, 1.54) is 16.1 Å². The van der Waals surface area contributed by atoms with E-state index in [0.29, 0.717) is 6.04 Å². The summed E-state index contributed by atoms with van der Waals surface area (Å²) in [5, 5.41) is 4.62. The minimum Gasteiger partial charge on any atom is -0.310 e. The first kappa shape index (κ1) is 15.7. The summed E-state index contributed by atoms with van der Waals surface area (Å²) in [6.45, 7) is 7.47. The van der Waals surface area contributed by atoms with Crippen LogP contribution >= 0.6 is 27.3 Å². The van der Waals surface area contributed by atoms with E-state index in [0.717, 1.165) is 28.9 Å². The number of aryl methyl sites for hydroxylation is 1. The van der Waals surface area contributed by atoms with E-state index in [4.69, 9.17) is 4.98 Å². The van der Waals surface area contributed by atoms with Gasteiger partial charge in [-0.2, -0.15) is 0 Å². The molecule has 4 heteroatoms. The molecule has 0 fully saturated rings. The van der Waals surface area contributed by atoms with Crippen LogP contribution in [0.4, 0.5) is 0 Å². The van der Waals surface area contributed by atoms with Gasteiger partial charge in [0.2, 0.25) is 0 Å². The van der Waals surface area contributed by atoms with E-state index >= 15 is 0 Å². The molecule has 2 aromatic rings. The Balaban J connectivity index is 2.28. The number of aromatic nitrogens is 1. The minimum atomic E-state index is 0.501. The molecule has 0 radical (unpaired) electrons. The zero-order valence-corrected chi connectivity index (χ0v) is 14.6. The maximum atomic E-state index is 4.85. The summed E-state index contributed by atoms with van der Waals surface area (Å²) in [4.78, 5) is 6.22. The van der Waals surface area contributed by atoms with Gasteiger partial charge in [0.25, 0.3) is 0 Å². The molecule has 0 amide bonds. The quantitative estimate of drug-likeness (QED) is 0.788. The van der Waals surface area contributed by atoms with Gasteiger partial charge in [0.15, 0.2) is 0 Å². The Hall–Kier alpha value is -0.710. The topological polar surface area (TPSA) is 24.9 Å². The highest BCUT2D eigenvalue weighted by Crippen LogP contribution is 2.30. The Labute approximate surface area is 133 Å². The van der Waals surface area contributed by atoms with Crippen LogP contribution in [-0.2, 0) is 13.0 Å². The molecule has 0 aliphatic rings. The second-order valence-corrected chi connectivity index (χ2v) is 7.18. The maximum Gasteiger partial charge on any atom is 0.123 e. The molecule has 0 aliphatic carbocycles. The molecule has 0 aliphatic heterocycles. The molecule has 0 atom stereocenters. The molecule has 0 bridgehead atoms. The number of hydrogen-bond donors (Lipinski definition) is 1. The predicted molar refractivity (Wildman–Crippen MR) is 91.2 cm³/mol. The lowest BCUT2D eigenvalue weighted by molar-refractivity contribution is 0.589. The lowest BCUT2D eigenvalue weighted by Crippen LogP contribution is -2.21. The summed E-state index contributed by atoms with van der Waals surface area (Å²) in [7, 11) is 0. The van der Waals surface area contributed by atoms with Crippen LogP contribution < -0.4 is 5.32 Å². The second kappa shape index (κ2) is 7.34. The van der Waals surface area contributed by atoms with Crippen molar-refractivity contribution in [3.8, 4) is 10.6 Å². The van der Waals surface area contributed by atoms with E-state index in [-0.39, 0.29) is 0 Å². The van der Waals surface area contributed by atoms with Crippen molar-refractivity contribution in [2.24, 2.45) is 0 Å². The van der Waals surface area contributed by atoms with Crippen molar-refractivity contribution in [3.63, 3.8) is 0 Å². The fourth-order valence-corrected chi connectivity index (χ4v) is 3.45. The summed E-state index contributed by atoms with van der Waals surface area (Å²) >= 11 is 5.34. The van der Waals surface area contributed by atoms with Crippen molar-refractivity contribution in [2.45, 2.75) is 46.2 Å². The molecule has 108 valence electrons. The maximum absolute atomic E-state index is 4.85. The van der Waals surface area contributed by atoms with Gasteiger partial charge in [-0.15, -0.1) is 11.3 Å². The van der Waals surface area contributed by atoms with Gasteiger partial charge < -0.3 is 5.32 Å². The zero-order valence-electron chi connectivity index (χ0n) is 12.2. The summed E-state index contributed by atoms with van der Waals surface area (Å²) < 4.78 is 1.10. The van der Waals surface area contributed by atoms with Gasteiger partial charge in [0.05, 0.1) is 5.69 Å². The van der Waals surface area contributed by atoms with Gasteiger partial charge in [-0.25, -0.2) is 4.98 Å². The Morgan fingerprint density at radius 3 is 2.80 bits per heavy atom. The molecule has 1 aromatic carbocycles. The van der Waals surface area contributed by atoms with Crippen LogP contribution in [0.2, 0.25) is 0 Å².